The Morgan fingerprint density at radius 1 is 1.04 bits per heavy atom. The Bertz CT molecular complexity index is 740. The average molecular weight is 363 g/mol. The summed E-state index contributed by atoms with van der Waals surface area (Å²) in [5, 5.41) is 0. The first-order valence-corrected chi connectivity index (χ1v) is 10.2. The van der Waals surface area contributed by atoms with Crippen LogP contribution in [0.5, 0.6) is 0 Å². The third-order valence-electron chi connectivity index (χ3n) is 4.35. The number of benzene rings is 1. The predicted octanol–water partition coefficient (Wildman–Crippen LogP) is 3.71. The van der Waals surface area contributed by atoms with Crippen LogP contribution < -0.4 is 0 Å². The van der Waals surface area contributed by atoms with Crippen LogP contribution in [0.1, 0.15) is 61.7 Å². The van der Waals surface area contributed by atoms with Gasteiger partial charge in [-0.2, -0.15) is 0 Å². The molecule has 0 saturated carbocycles. The van der Waals surface area contributed by atoms with E-state index in [1.54, 1.807) is 12.1 Å². The van der Waals surface area contributed by atoms with Crippen LogP contribution >= 0.6 is 0 Å². The molecule has 6 heteroatoms. The molecule has 0 spiro atoms. The van der Waals surface area contributed by atoms with Gasteiger partial charge in [0.15, 0.2) is 5.78 Å². The SMILES string of the molecule is C=CCCCCCCCCC(=O)CN1C(=O)c2ccccc2S1(=O)=O. The summed E-state index contributed by atoms with van der Waals surface area (Å²) in [5.41, 5.74) is 0.148. The molecule has 0 N–H and O–H groups in total. The molecule has 0 aromatic heterocycles. The molecule has 0 radical (unpaired) electrons. The zero-order valence-corrected chi connectivity index (χ0v) is 15.3. The minimum Gasteiger partial charge on any atom is -0.298 e. The van der Waals surface area contributed by atoms with Gasteiger partial charge in [0.05, 0.1) is 12.1 Å². The number of ketones is 1. The number of amides is 1. The molecule has 2 rings (SSSR count). The fourth-order valence-electron chi connectivity index (χ4n) is 2.94. The molecule has 0 aliphatic carbocycles. The zero-order valence-electron chi connectivity index (χ0n) is 14.4. The number of unbranched alkanes of at least 4 members (excludes halogenated alkanes) is 6. The number of allylic oxidation sites excluding steroid dienone is 1. The van der Waals surface area contributed by atoms with Crippen molar-refractivity contribution < 1.29 is 18.0 Å². The van der Waals surface area contributed by atoms with Crippen molar-refractivity contribution in [1.29, 1.82) is 0 Å². The summed E-state index contributed by atoms with van der Waals surface area (Å²) in [6.07, 6.45) is 9.46. The van der Waals surface area contributed by atoms with Gasteiger partial charge < -0.3 is 0 Å². The number of hydrogen-bond acceptors (Lipinski definition) is 4. The van der Waals surface area contributed by atoms with Crippen molar-refractivity contribution in [3.8, 4) is 0 Å². The fourth-order valence-corrected chi connectivity index (χ4v) is 4.50. The van der Waals surface area contributed by atoms with E-state index in [0.29, 0.717) is 10.7 Å². The van der Waals surface area contributed by atoms with E-state index in [1.807, 2.05) is 6.08 Å². The average Bonchev–Trinajstić information content (AvgIpc) is 2.79. The quantitative estimate of drug-likeness (QED) is 0.444. The number of Topliss-reactive ketones (excluding diaryl/α,β-unsaturated/α-hetero) is 1. The molecule has 0 bridgehead atoms. The molecule has 0 saturated heterocycles. The smallest absolute Gasteiger partial charge is 0.269 e. The van der Waals surface area contributed by atoms with E-state index >= 15 is 0 Å². The summed E-state index contributed by atoms with van der Waals surface area (Å²) >= 11 is 0. The number of carbonyl (C=O) groups is 2. The van der Waals surface area contributed by atoms with Gasteiger partial charge in [-0.05, 0) is 31.4 Å². The van der Waals surface area contributed by atoms with E-state index in [0.717, 1.165) is 38.5 Å². The lowest BCUT2D eigenvalue weighted by Crippen LogP contribution is -2.34. The summed E-state index contributed by atoms with van der Waals surface area (Å²) in [6.45, 7) is 3.32. The summed E-state index contributed by atoms with van der Waals surface area (Å²) < 4.78 is 25.5. The Kier molecular flexibility index (Phi) is 6.93. The number of hydrogen-bond donors (Lipinski definition) is 0. The monoisotopic (exact) mass is 363 g/mol. The van der Waals surface area contributed by atoms with Crippen LogP contribution in [0.3, 0.4) is 0 Å². The number of rotatable bonds is 11. The Hall–Kier alpha value is -1.95. The molecule has 25 heavy (non-hydrogen) atoms. The third-order valence-corrected chi connectivity index (χ3v) is 6.13. The standard InChI is InChI=1S/C19H25NO4S/c1-2-3-4-5-6-7-8-9-12-16(21)15-20-19(22)17-13-10-11-14-18(17)25(20,23)24/h2,10-11,13-14H,1,3-9,12,15H2. The van der Waals surface area contributed by atoms with Gasteiger partial charge in [0.1, 0.15) is 4.90 Å². The van der Waals surface area contributed by atoms with E-state index in [2.05, 4.69) is 6.58 Å². The van der Waals surface area contributed by atoms with Crippen LogP contribution in [0.25, 0.3) is 0 Å². The molecular formula is C19H25NO4S. The Balaban J connectivity index is 1.76. The molecule has 1 aromatic rings. The third kappa shape index (κ3) is 4.78. The lowest BCUT2D eigenvalue weighted by Gasteiger charge is -2.14. The van der Waals surface area contributed by atoms with E-state index < -0.39 is 15.9 Å². The van der Waals surface area contributed by atoms with Crippen molar-refractivity contribution >= 4 is 21.7 Å². The van der Waals surface area contributed by atoms with E-state index in [1.165, 1.54) is 18.6 Å². The maximum Gasteiger partial charge on any atom is 0.269 e. The second-order valence-corrected chi connectivity index (χ2v) is 8.13. The molecular weight excluding hydrogens is 338 g/mol. The number of fused-ring (bicyclic) bond motifs is 1. The summed E-state index contributed by atoms with van der Waals surface area (Å²) in [6, 6.07) is 6.07. The molecule has 1 aromatic carbocycles. The molecule has 1 aliphatic rings. The zero-order chi connectivity index (χ0) is 18.3. The maximum absolute atomic E-state index is 12.4. The van der Waals surface area contributed by atoms with Gasteiger partial charge in [0.25, 0.3) is 15.9 Å². The molecule has 1 heterocycles. The Labute approximate surface area is 149 Å². The summed E-state index contributed by atoms with van der Waals surface area (Å²) in [5.74, 6) is -0.817. The van der Waals surface area contributed by atoms with Gasteiger partial charge in [0, 0.05) is 6.42 Å². The van der Waals surface area contributed by atoms with Crippen LogP contribution in [-0.2, 0) is 14.8 Å². The topological polar surface area (TPSA) is 71.5 Å². The first-order valence-electron chi connectivity index (χ1n) is 8.77. The molecule has 0 unspecified atom stereocenters. The predicted molar refractivity (Wildman–Crippen MR) is 96.8 cm³/mol. The molecule has 0 atom stereocenters. The minimum atomic E-state index is -3.88. The van der Waals surface area contributed by atoms with Crippen molar-refractivity contribution in [2.24, 2.45) is 0 Å². The highest BCUT2D eigenvalue weighted by Gasteiger charge is 2.41. The highest BCUT2D eigenvalue weighted by Crippen LogP contribution is 2.29. The normalized spacial score (nSPS) is 15.2. The first-order chi connectivity index (χ1) is 12.0. The van der Waals surface area contributed by atoms with Gasteiger partial charge in [0.2, 0.25) is 0 Å². The van der Waals surface area contributed by atoms with Crippen LogP contribution in [0.4, 0.5) is 0 Å². The highest BCUT2D eigenvalue weighted by molar-refractivity contribution is 7.90. The lowest BCUT2D eigenvalue weighted by atomic mass is 10.1. The van der Waals surface area contributed by atoms with Gasteiger partial charge in [-0.25, -0.2) is 12.7 Å². The fraction of sp³-hybridized carbons (Fsp3) is 0.474. The second kappa shape index (κ2) is 8.94. The van der Waals surface area contributed by atoms with Crippen molar-refractivity contribution in [3.05, 3.63) is 42.5 Å². The van der Waals surface area contributed by atoms with Crippen LogP contribution in [0.2, 0.25) is 0 Å². The number of nitrogens with zero attached hydrogens (tertiary/aromatic N) is 1. The largest absolute Gasteiger partial charge is 0.298 e. The van der Waals surface area contributed by atoms with Crippen molar-refractivity contribution in [2.75, 3.05) is 6.54 Å². The molecule has 136 valence electrons. The second-order valence-electron chi connectivity index (χ2n) is 6.30. The lowest BCUT2D eigenvalue weighted by molar-refractivity contribution is -0.119. The van der Waals surface area contributed by atoms with Gasteiger partial charge in [-0.15, -0.1) is 6.58 Å². The Morgan fingerprint density at radius 2 is 1.68 bits per heavy atom. The molecule has 0 fully saturated rings. The van der Waals surface area contributed by atoms with Crippen LogP contribution in [-0.4, -0.2) is 31.0 Å². The van der Waals surface area contributed by atoms with Gasteiger partial charge >= 0.3 is 0 Å². The Morgan fingerprint density at radius 3 is 2.36 bits per heavy atom. The summed E-state index contributed by atoms with van der Waals surface area (Å²) in [7, 11) is -3.88. The van der Waals surface area contributed by atoms with Crippen LogP contribution in [0, 0.1) is 0 Å². The van der Waals surface area contributed by atoms with Crippen LogP contribution in [0.15, 0.2) is 41.8 Å². The van der Waals surface area contributed by atoms with Crippen molar-refractivity contribution in [1.82, 2.24) is 4.31 Å². The molecule has 1 amide bonds. The van der Waals surface area contributed by atoms with Crippen molar-refractivity contribution in [2.45, 2.75) is 56.3 Å². The highest BCUT2D eigenvalue weighted by atomic mass is 32.2. The van der Waals surface area contributed by atoms with E-state index in [-0.39, 0.29) is 22.8 Å². The number of sulfonamides is 1. The first kappa shape index (κ1) is 19.4. The minimum absolute atomic E-state index is 0.00711. The molecule has 5 nitrogen and oxygen atoms in total. The van der Waals surface area contributed by atoms with Gasteiger partial charge in [-0.1, -0.05) is 43.9 Å². The van der Waals surface area contributed by atoms with E-state index in [9.17, 15) is 18.0 Å². The van der Waals surface area contributed by atoms with E-state index in [4.69, 9.17) is 0 Å². The molecule has 1 aliphatic heterocycles. The van der Waals surface area contributed by atoms with Crippen molar-refractivity contribution in [3.63, 3.8) is 0 Å². The maximum atomic E-state index is 12.4. The summed E-state index contributed by atoms with van der Waals surface area (Å²) in [4.78, 5) is 24.3. The number of carbonyl (C=O) groups excluding carboxylic acids is 2. The van der Waals surface area contributed by atoms with Gasteiger partial charge in [-0.3, -0.25) is 9.59 Å².